The Hall–Kier alpha value is -3.99. The van der Waals surface area contributed by atoms with Gasteiger partial charge in [-0.2, -0.15) is 10.4 Å². The number of nitriles is 1. The van der Waals surface area contributed by atoms with Crippen molar-refractivity contribution in [2.24, 2.45) is 5.10 Å². The van der Waals surface area contributed by atoms with E-state index in [1.165, 1.54) is 42.6 Å². The molecule has 0 aromatic heterocycles. The van der Waals surface area contributed by atoms with Crippen LogP contribution >= 0.6 is 0 Å². The molecule has 2 aromatic rings. The lowest BCUT2D eigenvalue weighted by molar-refractivity contribution is -0.384. The molecule has 0 unspecified atom stereocenters. The lowest BCUT2D eigenvalue weighted by Crippen LogP contribution is -2.19. The molecule has 8 heteroatoms. The summed E-state index contributed by atoms with van der Waals surface area (Å²) in [6, 6.07) is 13.6. The summed E-state index contributed by atoms with van der Waals surface area (Å²) in [7, 11) is 0. The summed E-state index contributed by atoms with van der Waals surface area (Å²) in [6.07, 6.45) is 2.45. The van der Waals surface area contributed by atoms with Crippen molar-refractivity contribution in [2.75, 3.05) is 0 Å². The predicted molar refractivity (Wildman–Crippen MR) is 90.5 cm³/mol. The number of amides is 1. The molecule has 25 heavy (non-hydrogen) atoms. The number of carbonyl (C=O) groups excluding carboxylic acids is 1. The van der Waals surface area contributed by atoms with Crippen LogP contribution in [0.4, 0.5) is 5.69 Å². The van der Waals surface area contributed by atoms with Gasteiger partial charge in [-0.05, 0) is 23.8 Å². The number of non-ortho nitro benzene ring substituents is 1. The molecule has 0 aliphatic rings. The Morgan fingerprint density at radius 2 is 2.04 bits per heavy atom. The van der Waals surface area contributed by atoms with Crippen molar-refractivity contribution in [3.63, 3.8) is 0 Å². The van der Waals surface area contributed by atoms with E-state index >= 15 is 0 Å². The summed E-state index contributed by atoms with van der Waals surface area (Å²) in [5, 5.41) is 33.1. The summed E-state index contributed by atoms with van der Waals surface area (Å²) < 4.78 is 0. The first-order valence-electron chi connectivity index (χ1n) is 6.99. The highest BCUT2D eigenvalue weighted by molar-refractivity contribution is 6.02. The minimum atomic E-state index is -0.777. The molecule has 0 saturated heterocycles. The van der Waals surface area contributed by atoms with E-state index in [2.05, 4.69) is 10.5 Å². The van der Waals surface area contributed by atoms with Gasteiger partial charge >= 0.3 is 0 Å². The molecule has 0 radical (unpaired) electrons. The van der Waals surface area contributed by atoms with Crippen molar-refractivity contribution < 1.29 is 14.8 Å². The molecule has 0 fully saturated rings. The topological polar surface area (TPSA) is 129 Å². The van der Waals surface area contributed by atoms with Crippen LogP contribution in [-0.4, -0.2) is 22.2 Å². The van der Waals surface area contributed by atoms with Gasteiger partial charge in [0.25, 0.3) is 11.6 Å². The lowest BCUT2D eigenvalue weighted by atomic mass is 10.1. The van der Waals surface area contributed by atoms with Crippen molar-refractivity contribution >= 4 is 23.9 Å². The second kappa shape index (κ2) is 8.03. The lowest BCUT2D eigenvalue weighted by Gasteiger charge is -2.00. The number of nitrogens with zero attached hydrogens (tertiary/aromatic N) is 3. The van der Waals surface area contributed by atoms with Gasteiger partial charge in [0.15, 0.2) is 0 Å². The van der Waals surface area contributed by atoms with Gasteiger partial charge in [0.05, 0.1) is 11.1 Å². The normalized spacial score (nSPS) is 11.1. The van der Waals surface area contributed by atoms with Crippen molar-refractivity contribution in [1.82, 2.24) is 5.43 Å². The van der Waals surface area contributed by atoms with Gasteiger partial charge in [0, 0.05) is 17.7 Å². The van der Waals surface area contributed by atoms with Crippen LogP contribution in [0.1, 0.15) is 11.1 Å². The number of nitro benzene ring substituents is 1. The summed E-state index contributed by atoms with van der Waals surface area (Å²) >= 11 is 0. The number of carbonyl (C=O) groups is 1. The molecule has 124 valence electrons. The number of phenolic OH excluding ortho intramolecular Hbond substituents is 1. The number of para-hydroxylation sites is 1. The second-order valence-corrected chi connectivity index (χ2v) is 4.78. The van der Waals surface area contributed by atoms with E-state index in [0.717, 1.165) is 0 Å². The molecule has 0 aliphatic heterocycles. The zero-order valence-corrected chi connectivity index (χ0v) is 12.8. The Labute approximate surface area is 142 Å². The molecule has 0 atom stereocenters. The third kappa shape index (κ3) is 4.74. The number of nitrogens with one attached hydrogen (secondary N) is 1. The Morgan fingerprint density at radius 3 is 2.72 bits per heavy atom. The van der Waals surface area contributed by atoms with Crippen molar-refractivity contribution in [3.8, 4) is 11.8 Å². The molecule has 2 aromatic carbocycles. The number of nitro groups is 1. The average molecular weight is 336 g/mol. The Kier molecular flexibility index (Phi) is 5.58. The molecule has 0 bridgehead atoms. The van der Waals surface area contributed by atoms with Gasteiger partial charge in [0.2, 0.25) is 0 Å². The van der Waals surface area contributed by atoms with E-state index in [1.54, 1.807) is 24.3 Å². The van der Waals surface area contributed by atoms with E-state index in [0.29, 0.717) is 11.1 Å². The number of hydrazone groups is 1. The maximum Gasteiger partial charge on any atom is 0.282 e. The molecule has 2 N–H and O–H groups in total. The molecule has 0 aliphatic carbocycles. The van der Waals surface area contributed by atoms with Gasteiger partial charge in [-0.3, -0.25) is 14.9 Å². The van der Waals surface area contributed by atoms with Crippen LogP contribution in [0.15, 0.2) is 59.2 Å². The molecule has 0 saturated carbocycles. The van der Waals surface area contributed by atoms with Gasteiger partial charge in [-0.25, -0.2) is 5.43 Å². The molecule has 2 rings (SSSR count). The number of rotatable bonds is 5. The van der Waals surface area contributed by atoms with Gasteiger partial charge in [0.1, 0.15) is 17.4 Å². The van der Waals surface area contributed by atoms with Crippen LogP contribution in [0.5, 0.6) is 5.75 Å². The van der Waals surface area contributed by atoms with Gasteiger partial charge in [-0.15, -0.1) is 0 Å². The Morgan fingerprint density at radius 1 is 1.28 bits per heavy atom. The predicted octanol–water partition coefficient (Wildman–Crippen LogP) is 2.36. The first kappa shape index (κ1) is 17.4. The summed E-state index contributed by atoms with van der Waals surface area (Å²) in [5.41, 5.74) is 2.48. The molecule has 1 amide bonds. The number of phenols is 1. The third-order valence-electron chi connectivity index (χ3n) is 3.06. The van der Waals surface area contributed by atoms with Gasteiger partial charge in [-0.1, -0.05) is 24.3 Å². The second-order valence-electron chi connectivity index (χ2n) is 4.78. The molecule has 0 spiro atoms. The fourth-order valence-electron chi connectivity index (χ4n) is 1.86. The number of hydrogen-bond donors (Lipinski definition) is 2. The largest absolute Gasteiger partial charge is 0.507 e. The van der Waals surface area contributed by atoms with E-state index in [9.17, 15) is 20.0 Å². The maximum absolute atomic E-state index is 12.0. The minimum Gasteiger partial charge on any atom is -0.507 e. The molecular formula is C17H12N4O4. The number of benzene rings is 2. The number of hydrogen-bond acceptors (Lipinski definition) is 6. The van der Waals surface area contributed by atoms with Crippen LogP contribution in [-0.2, 0) is 4.79 Å². The first-order valence-corrected chi connectivity index (χ1v) is 6.99. The van der Waals surface area contributed by atoms with E-state index in [-0.39, 0.29) is 17.0 Å². The number of aromatic hydroxyl groups is 1. The van der Waals surface area contributed by atoms with E-state index in [1.807, 2.05) is 0 Å². The highest BCUT2D eigenvalue weighted by atomic mass is 16.6. The zero-order chi connectivity index (χ0) is 18.2. The SMILES string of the molecule is N#CC(=Cc1cccc([N+](=O)[O-])c1)C(=O)NN=Cc1ccccc1O. The zero-order valence-electron chi connectivity index (χ0n) is 12.8. The van der Waals surface area contributed by atoms with Crippen LogP contribution in [0.25, 0.3) is 6.08 Å². The average Bonchev–Trinajstić information content (AvgIpc) is 2.61. The Bertz CT molecular complexity index is 913. The van der Waals surface area contributed by atoms with Gasteiger partial charge < -0.3 is 5.11 Å². The standard InChI is InChI=1S/C17H12N4O4/c18-10-14(8-12-4-3-6-15(9-12)21(24)25)17(23)20-19-11-13-5-1-2-7-16(13)22/h1-9,11,22H,(H,20,23). The summed E-state index contributed by atoms with van der Waals surface area (Å²) in [6.45, 7) is 0. The highest BCUT2D eigenvalue weighted by Gasteiger charge is 2.10. The molecule has 0 heterocycles. The summed E-state index contributed by atoms with van der Waals surface area (Å²) in [5.74, 6) is -0.784. The van der Waals surface area contributed by atoms with Crippen molar-refractivity contribution in [1.29, 1.82) is 5.26 Å². The summed E-state index contributed by atoms with van der Waals surface area (Å²) in [4.78, 5) is 22.1. The smallest absolute Gasteiger partial charge is 0.282 e. The van der Waals surface area contributed by atoms with E-state index < -0.39 is 10.8 Å². The fourth-order valence-corrected chi connectivity index (χ4v) is 1.86. The maximum atomic E-state index is 12.0. The molecular weight excluding hydrogens is 324 g/mol. The van der Waals surface area contributed by atoms with Crippen LogP contribution in [0.2, 0.25) is 0 Å². The monoisotopic (exact) mass is 336 g/mol. The first-order chi connectivity index (χ1) is 12.0. The quantitative estimate of drug-likeness (QED) is 0.285. The van der Waals surface area contributed by atoms with E-state index in [4.69, 9.17) is 5.26 Å². The van der Waals surface area contributed by atoms with Crippen LogP contribution in [0, 0.1) is 21.4 Å². The van der Waals surface area contributed by atoms with Crippen LogP contribution < -0.4 is 5.43 Å². The van der Waals surface area contributed by atoms with Crippen molar-refractivity contribution in [3.05, 3.63) is 75.3 Å². The van der Waals surface area contributed by atoms with Crippen molar-refractivity contribution in [2.45, 2.75) is 0 Å². The highest BCUT2D eigenvalue weighted by Crippen LogP contribution is 2.16. The van der Waals surface area contributed by atoms with Crippen LogP contribution in [0.3, 0.4) is 0 Å². The fraction of sp³-hybridized carbons (Fsp3) is 0. The molecule has 8 nitrogen and oxygen atoms in total. The Balaban J connectivity index is 2.13. The third-order valence-corrected chi connectivity index (χ3v) is 3.06. The minimum absolute atomic E-state index is 0.00635.